The molecule has 0 radical (unpaired) electrons. The predicted molar refractivity (Wildman–Crippen MR) is 125 cm³/mol. The van der Waals surface area contributed by atoms with Crippen molar-refractivity contribution in [3.63, 3.8) is 0 Å². The molecule has 32 heavy (non-hydrogen) atoms. The lowest BCUT2D eigenvalue weighted by molar-refractivity contribution is -0.154. The van der Waals surface area contributed by atoms with E-state index in [0.717, 1.165) is 28.8 Å². The summed E-state index contributed by atoms with van der Waals surface area (Å²) in [5.41, 5.74) is 3.60. The molecule has 1 N–H and O–H groups in total. The Hall–Kier alpha value is -3.41. The summed E-state index contributed by atoms with van der Waals surface area (Å²) in [7, 11) is 0. The molecule has 6 nitrogen and oxygen atoms in total. The van der Waals surface area contributed by atoms with E-state index in [9.17, 15) is 14.4 Å². The van der Waals surface area contributed by atoms with Crippen LogP contribution in [0.2, 0.25) is 0 Å². The first kappa shape index (κ1) is 23.3. The number of anilines is 1. The van der Waals surface area contributed by atoms with Gasteiger partial charge in [-0.15, -0.1) is 0 Å². The summed E-state index contributed by atoms with van der Waals surface area (Å²) in [6.45, 7) is 7.21. The Morgan fingerprint density at radius 3 is 2.47 bits per heavy atom. The lowest BCUT2D eigenvalue weighted by Crippen LogP contribution is -2.35. The predicted octanol–water partition coefficient (Wildman–Crippen LogP) is 5.03. The van der Waals surface area contributed by atoms with Crippen molar-refractivity contribution in [3.05, 3.63) is 71.4 Å². The Balaban J connectivity index is 1.67. The van der Waals surface area contributed by atoms with Crippen molar-refractivity contribution in [2.75, 3.05) is 5.32 Å². The van der Waals surface area contributed by atoms with E-state index in [0.29, 0.717) is 5.92 Å². The molecule has 0 fully saturated rings. The lowest BCUT2D eigenvalue weighted by Gasteiger charge is -2.32. The zero-order valence-corrected chi connectivity index (χ0v) is 19.0. The van der Waals surface area contributed by atoms with Crippen LogP contribution in [-0.2, 0) is 19.1 Å². The largest absolute Gasteiger partial charge is 0.452 e. The summed E-state index contributed by atoms with van der Waals surface area (Å²) < 4.78 is 5.44. The van der Waals surface area contributed by atoms with Crippen molar-refractivity contribution in [3.8, 4) is 0 Å². The number of carbonyl (C=O) groups is 3. The molecule has 2 amide bonds. The van der Waals surface area contributed by atoms with Gasteiger partial charge in [-0.1, -0.05) is 56.3 Å². The molecule has 6 heteroatoms. The number of esters is 1. The lowest BCUT2D eigenvalue weighted by atomic mass is 9.94. The van der Waals surface area contributed by atoms with E-state index < -0.39 is 18.1 Å². The number of rotatable bonds is 7. The fourth-order valence-corrected chi connectivity index (χ4v) is 3.86. The number of hydrogen-bond donors (Lipinski definition) is 1. The van der Waals surface area contributed by atoms with Crippen molar-refractivity contribution in [1.29, 1.82) is 0 Å². The molecule has 0 bridgehead atoms. The molecule has 2 aromatic carbocycles. The number of benzene rings is 2. The zero-order chi connectivity index (χ0) is 23.3. The van der Waals surface area contributed by atoms with Crippen LogP contribution in [0.3, 0.4) is 0 Å². The summed E-state index contributed by atoms with van der Waals surface area (Å²) >= 11 is 0. The highest BCUT2D eigenvalue weighted by atomic mass is 16.5. The first-order valence-electron chi connectivity index (χ1n) is 11.0. The molecule has 1 aliphatic heterocycles. The van der Waals surface area contributed by atoms with E-state index in [2.05, 4.69) is 19.2 Å². The van der Waals surface area contributed by atoms with Crippen LogP contribution in [0.25, 0.3) is 6.08 Å². The van der Waals surface area contributed by atoms with Crippen molar-refractivity contribution < 1.29 is 19.1 Å². The van der Waals surface area contributed by atoms with Crippen molar-refractivity contribution in [2.24, 2.45) is 0 Å². The van der Waals surface area contributed by atoms with Crippen molar-refractivity contribution in [2.45, 2.75) is 58.6 Å². The van der Waals surface area contributed by atoms with E-state index in [4.69, 9.17) is 4.74 Å². The van der Waals surface area contributed by atoms with Crippen molar-refractivity contribution in [1.82, 2.24) is 4.90 Å². The fourth-order valence-electron chi connectivity index (χ4n) is 3.86. The third-order valence-corrected chi connectivity index (χ3v) is 5.87. The van der Waals surface area contributed by atoms with Crippen molar-refractivity contribution >= 4 is 29.5 Å². The van der Waals surface area contributed by atoms with Crippen LogP contribution in [0.15, 0.2) is 54.7 Å². The Bertz CT molecular complexity index is 1030. The van der Waals surface area contributed by atoms with Gasteiger partial charge < -0.3 is 15.0 Å². The van der Waals surface area contributed by atoms with Crippen LogP contribution in [0, 0.1) is 0 Å². The third-order valence-electron chi connectivity index (χ3n) is 5.87. The first-order chi connectivity index (χ1) is 15.3. The summed E-state index contributed by atoms with van der Waals surface area (Å²) in [6.07, 6.45) is 3.48. The van der Waals surface area contributed by atoms with Crippen LogP contribution in [0.4, 0.5) is 5.69 Å². The zero-order valence-electron chi connectivity index (χ0n) is 19.0. The Labute approximate surface area is 189 Å². The van der Waals surface area contributed by atoms with Gasteiger partial charge in [0.15, 0.2) is 6.10 Å². The summed E-state index contributed by atoms with van der Waals surface area (Å²) in [6, 6.07) is 14.8. The molecule has 168 valence electrons. The number of carbonyl (C=O) groups excluding carboxylic acids is 3. The molecule has 3 rings (SSSR count). The number of fused-ring (bicyclic) bond motifs is 1. The Morgan fingerprint density at radius 2 is 1.75 bits per heavy atom. The summed E-state index contributed by atoms with van der Waals surface area (Å²) in [4.78, 5) is 39.1. The van der Waals surface area contributed by atoms with Gasteiger partial charge in [0.25, 0.3) is 5.91 Å². The molecule has 0 saturated carbocycles. The van der Waals surface area contributed by atoms with Gasteiger partial charge in [0.05, 0.1) is 12.5 Å². The smallest absolute Gasteiger partial charge is 0.309 e. The highest BCUT2D eigenvalue weighted by Gasteiger charge is 2.30. The SMILES string of the molecule is CCC(C)c1ccccc1NC(=O)C(C)OC(=O)CC1c2ccccc2C=CN1C(C)=O. The normalized spacial score (nSPS) is 16.6. The van der Waals surface area contributed by atoms with Gasteiger partial charge in [0.2, 0.25) is 5.91 Å². The molecular formula is C26H30N2O4. The third kappa shape index (κ3) is 5.25. The second kappa shape index (κ2) is 10.3. The number of nitrogens with zero attached hydrogens (tertiary/aromatic N) is 1. The van der Waals surface area contributed by atoms with E-state index >= 15 is 0 Å². The molecule has 0 aromatic heterocycles. The molecule has 2 aromatic rings. The maximum absolute atomic E-state index is 12.7. The van der Waals surface area contributed by atoms with E-state index in [-0.39, 0.29) is 18.2 Å². The number of nitrogens with one attached hydrogen (secondary N) is 1. The molecule has 0 aliphatic carbocycles. The average molecular weight is 435 g/mol. The van der Waals surface area contributed by atoms with Crippen LogP contribution in [0.5, 0.6) is 0 Å². The summed E-state index contributed by atoms with van der Waals surface area (Å²) in [5, 5.41) is 2.89. The number of para-hydroxylation sites is 1. The minimum atomic E-state index is -0.965. The van der Waals surface area contributed by atoms with Gasteiger partial charge >= 0.3 is 5.97 Å². The van der Waals surface area contributed by atoms with Gasteiger partial charge in [-0.2, -0.15) is 0 Å². The van der Waals surface area contributed by atoms with Crippen LogP contribution >= 0.6 is 0 Å². The highest BCUT2D eigenvalue weighted by Crippen LogP contribution is 2.33. The quantitative estimate of drug-likeness (QED) is 0.620. The second-order valence-electron chi connectivity index (χ2n) is 8.11. The summed E-state index contributed by atoms with van der Waals surface area (Å²) in [5.74, 6) is -0.798. The van der Waals surface area contributed by atoms with Gasteiger partial charge in [0.1, 0.15) is 0 Å². The minimum Gasteiger partial charge on any atom is -0.452 e. The van der Waals surface area contributed by atoms with Gasteiger partial charge in [0, 0.05) is 18.8 Å². The maximum atomic E-state index is 12.7. The standard InChI is InChI=1S/C26H30N2O4/c1-5-17(2)21-11-8-9-13-23(21)27-26(31)18(3)32-25(30)16-24-22-12-7-6-10-20(22)14-15-28(24)19(4)29/h6-15,17-18,24H,5,16H2,1-4H3,(H,27,31). The molecule has 3 unspecified atom stereocenters. The number of hydrogen-bond acceptors (Lipinski definition) is 4. The van der Waals surface area contributed by atoms with Crippen LogP contribution in [-0.4, -0.2) is 28.8 Å². The van der Waals surface area contributed by atoms with Crippen LogP contribution < -0.4 is 5.32 Å². The topological polar surface area (TPSA) is 75.7 Å². The van der Waals surface area contributed by atoms with Gasteiger partial charge in [-0.05, 0) is 48.1 Å². The molecule has 1 aliphatic rings. The second-order valence-corrected chi connectivity index (χ2v) is 8.11. The monoisotopic (exact) mass is 434 g/mol. The average Bonchev–Trinajstić information content (AvgIpc) is 2.78. The van der Waals surface area contributed by atoms with Crippen LogP contribution in [0.1, 0.15) is 69.2 Å². The molecule has 1 heterocycles. The Kier molecular flexibility index (Phi) is 7.46. The molecule has 0 spiro atoms. The molecular weight excluding hydrogens is 404 g/mol. The van der Waals surface area contributed by atoms with Gasteiger partial charge in [-0.3, -0.25) is 14.4 Å². The fraction of sp³-hybridized carbons (Fsp3) is 0.346. The first-order valence-corrected chi connectivity index (χ1v) is 11.0. The Morgan fingerprint density at radius 1 is 1.06 bits per heavy atom. The molecule has 0 saturated heterocycles. The van der Waals surface area contributed by atoms with E-state index in [1.807, 2.05) is 54.6 Å². The highest BCUT2D eigenvalue weighted by molar-refractivity contribution is 5.95. The number of ether oxygens (including phenoxy) is 1. The maximum Gasteiger partial charge on any atom is 0.309 e. The van der Waals surface area contributed by atoms with E-state index in [1.165, 1.54) is 11.8 Å². The number of amides is 2. The molecule has 3 atom stereocenters. The van der Waals surface area contributed by atoms with E-state index in [1.54, 1.807) is 13.1 Å². The van der Waals surface area contributed by atoms with Gasteiger partial charge in [-0.25, -0.2) is 0 Å². The minimum absolute atomic E-state index is 0.0397.